The van der Waals surface area contributed by atoms with Crippen LogP contribution < -0.4 is 4.74 Å². The number of ether oxygens (including phenoxy) is 1. The zero-order valence-corrected chi connectivity index (χ0v) is 12.5. The Kier molecular flexibility index (Phi) is 4.74. The summed E-state index contributed by atoms with van der Waals surface area (Å²) in [6.45, 7) is 2.24. The van der Waals surface area contributed by atoms with Gasteiger partial charge in [0.2, 0.25) is 0 Å². The van der Waals surface area contributed by atoms with Crippen LogP contribution in [-0.2, 0) is 6.61 Å². The molecule has 0 aromatic heterocycles. The summed E-state index contributed by atoms with van der Waals surface area (Å²) in [5, 5.41) is 11.1. The van der Waals surface area contributed by atoms with Crippen molar-refractivity contribution < 1.29 is 9.66 Å². The average Bonchev–Trinajstić information content (AvgIpc) is 2.45. The van der Waals surface area contributed by atoms with Crippen LogP contribution in [0.1, 0.15) is 22.9 Å². The quantitative estimate of drug-likeness (QED) is 0.454. The van der Waals surface area contributed by atoms with E-state index in [1.165, 1.54) is 6.07 Å². The third-order valence-corrected chi connectivity index (χ3v) is 3.37. The third-order valence-electron chi connectivity index (χ3n) is 2.88. The van der Waals surface area contributed by atoms with Gasteiger partial charge in [0.25, 0.3) is 5.69 Å². The summed E-state index contributed by atoms with van der Waals surface area (Å²) in [5.74, 6) is 0.498. The Hall–Kier alpha value is -1.88. The second-order valence-electron chi connectivity index (χ2n) is 4.37. The third kappa shape index (κ3) is 3.57. The predicted molar refractivity (Wildman–Crippen MR) is 81.2 cm³/mol. The molecule has 0 aliphatic carbocycles. The lowest BCUT2D eigenvalue weighted by molar-refractivity contribution is -0.385. The number of alkyl halides is 1. The molecule has 5 heteroatoms. The number of nitrogens with zero attached hydrogens (tertiary/aromatic N) is 1. The Labute approximate surface area is 125 Å². The van der Waals surface area contributed by atoms with E-state index in [9.17, 15) is 10.1 Å². The molecule has 20 heavy (non-hydrogen) atoms. The van der Waals surface area contributed by atoms with Crippen molar-refractivity contribution in [3.8, 4) is 5.75 Å². The Morgan fingerprint density at radius 3 is 2.55 bits per heavy atom. The summed E-state index contributed by atoms with van der Waals surface area (Å²) in [6.07, 6.45) is 0. The molecule has 0 saturated heterocycles. The minimum absolute atomic E-state index is 0.0694. The van der Waals surface area contributed by atoms with Crippen molar-refractivity contribution in [2.75, 3.05) is 0 Å². The maximum Gasteiger partial charge on any atom is 0.277 e. The van der Waals surface area contributed by atoms with E-state index in [0.29, 0.717) is 17.9 Å². The van der Waals surface area contributed by atoms with E-state index in [0.717, 1.165) is 5.56 Å². The first kappa shape index (κ1) is 14.5. The lowest BCUT2D eigenvalue weighted by Gasteiger charge is -2.09. The lowest BCUT2D eigenvalue weighted by atomic mass is 10.1. The molecule has 0 spiro atoms. The summed E-state index contributed by atoms with van der Waals surface area (Å²) in [4.78, 5) is 10.6. The second-order valence-corrected chi connectivity index (χ2v) is 5.74. The highest BCUT2D eigenvalue weighted by Gasteiger charge is 2.18. The number of hydrogen-bond donors (Lipinski definition) is 0. The maximum atomic E-state index is 11.1. The zero-order valence-electron chi connectivity index (χ0n) is 11.0. The first-order valence-corrected chi connectivity index (χ1v) is 7.08. The zero-order chi connectivity index (χ0) is 14.5. The molecule has 2 aromatic rings. The molecule has 0 aliphatic rings. The molecule has 0 amide bonds. The second kappa shape index (κ2) is 6.52. The molecule has 0 N–H and O–H groups in total. The Morgan fingerprint density at radius 1 is 1.25 bits per heavy atom. The van der Waals surface area contributed by atoms with Gasteiger partial charge in [0, 0.05) is 10.4 Å². The van der Waals surface area contributed by atoms with Crippen molar-refractivity contribution in [1.29, 1.82) is 0 Å². The van der Waals surface area contributed by atoms with Gasteiger partial charge in [-0.3, -0.25) is 10.1 Å². The normalized spacial score (nSPS) is 11.9. The maximum absolute atomic E-state index is 11.1. The van der Waals surface area contributed by atoms with Gasteiger partial charge in [-0.15, -0.1) is 0 Å². The van der Waals surface area contributed by atoms with Crippen LogP contribution in [0, 0.1) is 10.1 Å². The Balaban J connectivity index is 2.17. The fourth-order valence-electron chi connectivity index (χ4n) is 1.85. The van der Waals surface area contributed by atoms with Crippen molar-refractivity contribution >= 4 is 21.6 Å². The summed E-state index contributed by atoms with van der Waals surface area (Å²) >= 11 is 3.36. The molecular weight excluding hydrogens is 322 g/mol. The topological polar surface area (TPSA) is 52.4 Å². The number of rotatable bonds is 5. The molecule has 0 fully saturated rings. The van der Waals surface area contributed by atoms with Gasteiger partial charge >= 0.3 is 0 Å². The summed E-state index contributed by atoms with van der Waals surface area (Å²) < 4.78 is 5.60. The van der Waals surface area contributed by atoms with Crippen molar-refractivity contribution in [2.45, 2.75) is 18.4 Å². The molecule has 1 unspecified atom stereocenters. The first-order chi connectivity index (χ1) is 9.58. The highest BCUT2D eigenvalue weighted by atomic mass is 79.9. The van der Waals surface area contributed by atoms with E-state index in [1.807, 2.05) is 37.3 Å². The number of halogens is 1. The minimum atomic E-state index is -0.386. The highest BCUT2D eigenvalue weighted by Crippen LogP contribution is 2.33. The fraction of sp³-hybridized carbons (Fsp3) is 0.200. The Bertz CT molecular complexity index is 599. The number of nitro benzene ring substituents is 1. The number of nitro groups is 1. The van der Waals surface area contributed by atoms with E-state index in [2.05, 4.69) is 15.9 Å². The van der Waals surface area contributed by atoms with Crippen LogP contribution in [0.4, 0.5) is 5.69 Å². The monoisotopic (exact) mass is 335 g/mol. The largest absolute Gasteiger partial charge is 0.489 e. The van der Waals surface area contributed by atoms with Crippen molar-refractivity contribution in [1.82, 2.24) is 0 Å². The summed E-state index contributed by atoms with van der Waals surface area (Å²) in [5.41, 5.74) is 1.73. The van der Waals surface area contributed by atoms with Gasteiger partial charge in [0.15, 0.2) is 0 Å². The fourth-order valence-corrected chi connectivity index (χ4v) is 2.24. The molecule has 104 valence electrons. The number of hydrogen-bond acceptors (Lipinski definition) is 3. The summed E-state index contributed by atoms with van der Waals surface area (Å²) in [7, 11) is 0. The van der Waals surface area contributed by atoms with Crippen LogP contribution in [0.3, 0.4) is 0 Å². The van der Waals surface area contributed by atoms with E-state index < -0.39 is 0 Å². The van der Waals surface area contributed by atoms with Gasteiger partial charge in [-0.2, -0.15) is 0 Å². The van der Waals surface area contributed by atoms with Gasteiger partial charge in [-0.05, 0) is 24.6 Å². The lowest BCUT2D eigenvalue weighted by Crippen LogP contribution is -1.99. The number of benzene rings is 2. The molecule has 1 atom stereocenters. The molecule has 0 saturated carbocycles. The van der Waals surface area contributed by atoms with Crippen molar-refractivity contribution in [3.63, 3.8) is 0 Å². The Morgan fingerprint density at radius 2 is 1.95 bits per heavy atom. The molecule has 2 rings (SSSR count). The van der Waals surface area contributed by atoms with E-state index >= 15 is 0 Å². The van der Waals surface area contributed by atoms with Crippen LogP contribution >= 0.6 is 15.9 Å². The standard InChI is InChI=1S/C15H14BrNO3/c1-11(16)14-8-7-13(9-15(14)17(18)19)20-10-12-5-3-2-4-6-12/h2-9,11H,10H2,1H3. The molecule has 2 aromatic carbocycles. The molecule has 0 bridgehead atoms. The average molecular weight is 336 g/mol. The van der Waals surface area contributed by atoms with E-state index in [-0.39, 0.29) is 15.4 Å². The molecule has 0 aliphatic heterocycles. The van der Waals surface area contributed by atoms with Gasteiger partial charge in [-0.25, -0.2) is 0 Å². The van der Waals surface area contributed by atoms with E-state index in [4.69, 9.17) is 4.74 Å². The van der Waals surface area contributed by atoms with Crippen LogP contribution in [0.25, 0.3) is 0 Å². The van der Waals surface area contributed by atoms with Gasteiger partial charge < -0.3 is 4.74 Å². The van der Waals surface area contributed by atoms with Gasteiger partial charge in [0.05, 0.1) is 11.0 Å². The molecule has 0 radical (unpaired) electrons. The van der Waals surface area contributed by atoms with Crippen LogP contribution in [-0.4, -0.2) is 4.92 Å². The van der Waals surface area contributed by atoms with E-state index in [1.54, 1.807) is 12.1 Å². The minimum Gasteiger partial charge on any atom is -0.489 e. The van der Waals surface area contributed by atoms with Gasteiger partial charge in [0.1, 0.15) is 12.4 Å². The van der Waals surface area contributed by atoms with Crippen LogP contribution in [0.2, 0.25) is 0 Å². The SMILES string of the molecule is CC(Br)c1ccc(OCc2ccccc2)cc1[N+](=O)[O-]. The van der Waals surface area contributed by atoms with Crippen molar-refractivity contribution in [2.24, 2.45) is 0 Å². The van der Waals surface area contributed by atoms with Crippen LogP contribution in [0.5, 0.6) is 5.75 Å². The predicted octanol–water partition coefficient (Wildman–Crippen LogP) is 4.63. The first-order valence-electron chi connectivity index (χ1n) is 6.17. The highest BCUT2D eigenvalue weighted by molar-refractivity contribution is 9.09. The molecule has 0 heterocycles. The van der Waals surface area contributed by atoms with Crippen LogP contribution in [0.15, 0.2) is 48.5 Å². The smallest absolute Gasteiger partial charge is 0.277 e. The van der Waals surface area contributed by atoms with Crippen molar-refractivity contribution in [3.05, 3.63) is 69.8 Å². The summed E-state index contributed by atoms with van der Waals surface area (Å²) in [6, 6.07) is 14.6. The molecule has 4 nitrogen and oxygen atoms in total. The molecular formula is C15H14BrNO3. The van der Waals surface area contributed by atoms with Gasteiger partial charge in [-0.1, -0.05) is 46.3 Å².